The molecule has 0 amide bonds. The highest BCUT2D eigenvalue weighted by Crippen LogP contribution is 2.22. The summed E-state index contributed by atoms with van der Waals surface area (Å²) in [5.41, 5.74) is 9.83. The predicted molar refractivity (Wildman–Crippen MR) is 142 cm³/mol. The van der Waals surface area contributed by atoms with E-state index in [2.05, 4.69) is 26.8 Å². The van der Waals surface area contributed by atoms with Gasteiger partial charge in [0.15, 0.2) is 5.96 Å². The number of ether oxygens (including phenoxy) is 1. The quantitative estimate of drug-likeness (QED) is 0.163. The molecule has 10 heteroatoms. The van der Waals surface area contributed by atoms with Crippen molar-refractivity contribution in [1.29, 1.82) is 5.26 Å². The molecule has 0 saturated heterocycles. The number of aromatic nitrogens is 2. The number of aryl methyl sites for hydroxylation is 2. The van der Waals surface area contributed by atoms with E-state index in [0.29, 0.717) is 48.8 Å². The van der Waals surface area contributed by atoms with Crippen LogP contribution in [0.2, 0.25) is 0 Å². The zero-order valence-corrected chi connectivity index (χ0v) is 21.8. The highest BCUT2D eigenvalue weighted by atomic mass is 127. The molecule has 0 radical (unpaired) electrons. The molecule has 34 heavy (non-hydrogen) atoms. The molecule has 4 N–H and O–H groups in total. The fraction of sp³-hybridized carbons (Fsp3) is 0.292. The number of guanidine groups is 1. The van der Waals surface area contributed by atoms with Gasteiger partial charge in [-0.2, -0.15) is 10.4 Å². The molecule has 0 bridgehead atoms. The second kappa shape index (κ2) is 12.8. The molecule has 0 saturated carbocycles. The van der Waals surface area contributed by atoms with Crippen LogP contribution in [0, 0.1) is 24.1 Å². The standard InChI is InChI=1S/C24H28FN7O.HI/c1-16-6-7-17(22(13-16)33-3)15-30-24(28-2)29-12-4-5-21-20(14-26)23(27)32(31-21)19-10-8-18(25)9-11-19;/h6-11,13H,4-5,12,15,27H2,1-3H3,(H2,28,29,30);1H. The Morgan fingerprint density at radius 1 is 1.24 bits per heavy atom. The maximum absolute atomic E-state index is 13.2. The van der Waals surface area contributed by atoms with Gasteiger partial charge < -0.3 is 21.1 Å². The fourth-order valence-electron chi connectivity index (χ4n) is 3.41. The lowest BCUT2D eigenvalue weighted by atomic mass is 10.1. The lowest BCUT2D eigenvalue weighted by Crippen LogP contribution is -2.37. The van der Waals surface area contributed by atoms with Crippen molar-refractivity contribution in [2.45, 2.75) is 26.3 Å². The topological polar surface area (TPSA) is 113 Å². The van der Waals surface area contributed by atoms with Crippen LogP contribution in [0.5, 0.6) is 5.75 Å². The van der Waals surface area contributed by atoms with Gasteiger partial charge in [0.1, 0.15) is 29.0 Å². The summed E-state index contributed by atoms with van der Waals surface area (Å²) in [6.07, 6.45) is 1.26. The van der Waals surface area contributed by atoms with E-state index in [9.17, 15) is 9.65 Å². The third-order valence-corrected chi connectivity index (χ3v) is 5.17. The van der Waals surface area contributed by atoms with E-state index >= 15 is 0 Å². The molecule has 8 nitrogen and oxygen atoms in total. The van der Waals surface area contributed by atoms with E-state index in [1.54, 1.807) is 26.3 Å². The maximum Gasteiger partial charge on any atom is 0.191 e. The van der Waals surface area contributed by atoms with Gasteiger partial charge in [-0.3, -0.25) is 4.99 Å². The van der Waals surface area contributed by atoms with Gasteiger partial charge in [0, 0.05) is 25.7 Å². The summed E-state index contributed by atoms with van der Waals surface area (Å²) >= 11 is 0. The van der Waals surface area contributed by atoms with E-state index in [1.165, 1.54) is 16.8 Å². The van der Waals surface area contributed by atoms with Gasteiger partial charge in [-0.15, -0.1) is 24.0 Å². The molecular weight excluding hydrogens is 548 g/mol. The van der Waals surface area contributed by atoms with E-state index in [-0.39, 0.29) is 35.6 Å². The van der Waals surface area contributed by atoms with Gasteiger partial charge in [0.25, 0.3) is 0 Å². The minimum atomic E-state index is -0.348. The minimum Gasteiger partial charge on any atom is -0.496 e. The van der Waals surface area contributed by atoms with Crippen LogP contribution >= 0.6 is 24.0 Å². The molecule has 1 heterocycles. The first-order valence-corrected chi connectivity index (χ1v) is 10.6. The summed E-state index contributed by atoms with van der Waals surface area (Å²) in [7, 11) is 3.37. The molecule has 180 valence electrons. The molecular formula is C24H29FIN7O. The number of nitrogens with two attached hydrogens (primary N) is 1. The Bertz CT molecular complexity index is 1170. The molecule has 2 aromatic carbocycles. The summed E-state index contributed by atoms with van der Waals surface area (Å²) in [5, 5.41) is 20.5. The van der Waals surface area contributed by atoms with Crippen molar-refractivity contribution < 1.29 is 9.13 Å². The Balaban J connectivity index is 0.00000408. The van der Waals surface area contributed by atoms with Crippen molar-refractivity contribution in [1.82, 2.24) is 20.4 Å². The van der Waals surface area contributed by atoms with Crippen LogP contribution in [0.4, 0.5) is 10.2 Å². The van der Waals surface area contributed by atoms with Gasteiger partial charge in [-0.05, 0) is 55.7 Å². The predicted octanol–water partition coefficient (Wildman–Crippen LogP) is 3.70. The van der Waals surface area contributed by atoms with E-state index in [0.717, 1.165) is 16.9 Å². The number of hydrogen-bond donors (Lipinski definition) is 3. The van der Waals surface area contributed by atoms with E-state index in [4.69, 9.17) is 10.5 Å². The zero-order valence-electron chi connectivity index (χ0n) is 19.4. The van der Waals surface area contributed by atoms with Gasteiger partial charge >= 0.3 is 0 Å². The second-order valence-electron chi connectivity index (χ2n) is 7.48. The number of nitrogen functional groups attached to an aromatic ring is 1. The van der Waals surface area contributed by atoms with Gasteiger partial charge in [-0.25, -0.2) is 9.07 Å². The number of methoxy groups -OCH3 is 1. The maximum atomic E-state index is 13.2. The van der Waals surface area contributed by atoms with Crippen molar-refractivity contribution in [3.05, 3.63) is 70.7 Å². The third-order valence-electron chi connectivity index (χ3n) is 5.17. The highest BCUT2D eigenvalue weighted by molar-refractivity contribution is 14.0. The van der Waals surface area contributed by atoms with Gasteiger partial charge in [0.05, 0.1) is 18.5 Å². The number of aliphatic imine (C=N–C) groups is 1. The SMILES string of the molecule is CN=C(NCCCc1nn(-c2ccc(F)cc2)c(N)c1C#N)NCc1ccc(C)cc1OC.I. The molecule has 0 atom stereocenters. The number of rotatable bonds is 8. The average molecular weight is 577 g/mol. The smallest absolute Gasteiger partial charge is 0.191 e. The molecule has 0 unspecified atom stereocenters. The first-order chi connectivity index (χ1) is 16.0. The molecule has 0 aliphatic carbocycles. The minimum absolute atomic E-state index is 0. The average Bonchev–Trinajstić information content (AvgIpc) is 3.14. The van der Waals surface area contributed by atoms with Crippen LogP contribution in [0.25, 0.3) is 5.69 Å². The Morgan fingerprint density at radius 2 is 1.97 bits per heavy atom. The van der Waals surface area contributed by atoms with Crippen molar-refractivity contribution in [2.24, 2.45) is 4.99 Å². The first-order valence-electron chi connectivity index (χ1n) is 10.6. The van der Waals surface area contributed by atoms with Crippen LogP contribution < -0.4 is 21.1 Å². The summed E-state index contributed by atoms with van der Waals surface area (Å²) in [4.78, 5) is 4.25. The number of nitrogens with zero attached hydrogens (tertiary/aromatic N) is 4. The molecule has 0 aliphatic rings. The molecule has 0 spiro atoms. The van der Waals surface area contributed by atoms with E-state index < -0.39 is 0 Å². The van der Waals surface area contributed by atoms with Crippen LogP contribution in [-0.2, 0) is 13.0 Å². The Kier molecular flexibility index (Phi) is 10.1. The van der Waals surface area contributed by atoms with E-state index in [1.807, 2.05) is 25.1 Å². The molecule has 3 aromatic rings. The van der Waals surface area contributed by atoms with Crippen LogP contribution in [-0.4, -0.2) is 36.4 Å². The summed E-state index contributed by atoms with van der Waals surface area (Å²) in [6, 6.07) is 14.0. The normalized spacial score (nSPS) is 10.9. The Labute approximate surface area is 216 Å². The Hall–Kier alpha value is -3.33. The number of anilines is 1. The number of benzene rings is 2. The lowest BCUT2D eigenvalue weighted by molar-refractivity contribution is 0.408. The van der Waals surface area contributed by atoms with Gasteiger partial charge in [-0.1, -0.05) is 12.1 Å². The fourth-order valence-corrected chi connectivity index (χ4v) is 3.41. The highest BCUT2D eigenvalue weighted by Gasteiger charge is 2.16. The zero-order chi connectivity index (χ0) is 23.8. The number of nitriles is 1. The van der Waals surface area contributed by atoms with Crippen LogP contribution in [0.3, 0.4) is 0 Å². The summed E-state index contributed by atoms with van der Waals surface area (Å²) in [6.45, 7) is 3.22. The monoisotopic (exact) mass is 577 g/mol. The summed E-state index contributed by atoms with van der Waals surface area (Å²) < 4.78 is 20.1. The van der Waals surface area contributed by atoms with Crippen molar-refractivity contribution in [3.63, 3.8) is 0 Å². The largest absolute Gasteiger partial charge is 0.496 e. The van der Waals surface area contributed by atoms with Crippen molar-refractivity contribution in [2.75, 3.05) is 26.4 Å². The van der Waals surface area contributed by atoms with Crippen LogP contribution in [0.1, 0.15) is 28.8 Å². The molecule has 0 aliphatic heterocycles. The lowest BCUT2D eigenvalue weighted by Gasteiger charge is -2.14. The molecule has 0 fully saturated rings. The van der Waals surface area contributed by atoms with Crippen molar-refractivity contribution in [3.8, 4) is 17.5 Å². The number of nitrogens with one attached hydrogen (secondary N) is 2. The second-order valence-corrected chi connectivity index (χ2v) is 7.48. The number of hydrogen-bond acceptors (Lipinski definition) is 5. The molecule has 1 aromatic heterocycles. The third kappa shape index (κ3) is 6.60. The van der Waals surface area contributed by atoms with Crippen LogP contribution in [0.15, 0.2) is 47.5 Å². The van der Waals surface area contributed by atoms with Crippen molar-refractivity contribution >= 4 is 35.8 Å². The molecule has 3 rings (SSSR count). The Morgan fingerprint density at radius 3 is 2.62 bits per heavy atom. The van der Waals surface area contributed by atoms with Gasteiger partial charge in [0.2, 0.25) is 0 Å². The first kappa shape index (κ1) is 26.9. The summed E-state index contributed by atoms with van der Waals surface area (Å²) in [5.74, 6) is 1.39. The number of halogens is 2.